The van der Waals surface area contributed by atoms with E-state index in [2.05, 4.69) is 0 Å². The number of benzene rings is 1. The smallest absolute Gasteiger partial charge is 0.370 e. The van der Waals surface area contributed by atoms with Crippen molar-refractivity contribution in [3.63, 3.8) is 0 Å². The maximum atomic E-state index is 13.4. The Hall–Kier alpha value is -2.20. The second-order valence-electron chi connectivity index (χ2n) is 4.05. The van der Waals surface area contributed by atoms with E-state index in [1.165, 1.54) is 6.07 Å². The fourth-order valence-corrected chi connectivity index (χ4v) is 1.64. The molecule has 1 aromatic carbocycles. The summed E-state index contributed by atoms with van der Waals surface area (Å²) in [6, 6.07) is 10.1. The van der Waals surface area contributed by atoms with Crippen LogP contribution in [0.1, 0.15) is 11.1 Å². The van der Waals surface area contributed by atoms with Crippen molar-refractivity contribution in [2.45, 2.75) is 6.54 Å². The van der Waals surface area contributed by atoms with Gasteiger partial charge in [-0.3, -0.25) is 0 Å². The average molecular weight is 294 g/mol. The van der Waals surface area contributed by atoms with E-state index in [-0.39, 0.29) is 24.8 Å². The SMILES string of the molecule is O=C(O)C[n+]1ccc(/C=C\c2ccccc2F)cc1.[Cl-]. The number of hydrogen-bond donors (Lipinski definition) is 1. The van der Waals surface area contributed by atoms with Crippen molar-refractivity contribution in [2.75, 3.05) is 0 Å². The molecule has 0 saturated heterocycles. The highest BCUT2D eigenvalue weighted by Gasteiger charge is 2.05. The number of halogens is 2. The molecule has 5 heteroatoms. The van der Waals surface area contributed by atoms with Crippen molar-refractivity contribution in [1.29, 1.82) is 0 Å². The molecule has 0 radical (unpaired) electrons. The Balaban J connectivity index is 0.00000200. The Morgan fingerprint density at radius 1 is 1.15 bits per heavy atom. The monoisotopic (exact) mass is 293 g/mol. The molecule has 20 heavy (non-hydrogen) atoms. The van der Waals surface area contributed by atoms with Crippen LogP contribution in [0, 0.1) is 5.82 Å². The Bertz CT molecular complexity index is 612. The van der Waals surface area contributed by atoms with Gasteiger partial charge >= 0.3 is 5.97 Å². The lowest BCUT2D eigenvalue weighted by Gasteiger charge is -1.96. The number of carbonyl (C=O) groups is 1. The maximum absolute atomic E-state index is 13.4. The van der Waals surface area contributed by atoms with Gasteiger partial charge in [0.1, 0.15) is 5.82 Å². The van der Waals surface area contributed by atoms with Crippen LogP contribution in [0.2, 0.25) is 0 Å². The van der Waals surface area contributed by atoms with E-state index in [1.807, 2.05) is 0 Å². The molecule has 0 atom stereocenters. The van der Waals surface area contributed by atoms with E-state index in [9.17, 15) is 9.18 Å². The van der Waals surface area contributed by atoms with Gasteiger partial charge in [0.15, 0.2) is 12.4 Å². The van der Waals surface area contributed by atoms with Crippen LogP contribution >= 0.6 is 0 Å². The van der Waals surface area contributed by atoms with Crippen LogP contribution < -0.4 is 17.0 Å². The van der Waals surface area contributed by atoms with Gasteiger partial charge in [0.2, 0.25) is 6.54 Å². The Morgan fingerprint density at radius 2 is 1.80 bits per heavy atom. The van der Waals surface area contributed by atoms with E-state index in [4.69, 9.17) is 5.11 Å². The summed E-state index contributed by atoms with van der Waals surface area (Å²) in [5, 5.41) is 8.64. The standard InChI is InChI=1S/C15H12FNO2.ClH/c16-14-4-2-1-3-13(14)6-5-12-7-9-17(10-8-12)11-15(18)19;/h1-10H,11H2;1H/b6-5-;. The quantitative estimate of drug-likeness (QED) is 0.763. The van der Waals surface area contributed by atoms with Crippen LogP contribution in [0.25, 0.3) is 12.2 Å². The minimum Gasteiger partial charge on any atom is -1.00 e. The molecule has 0 aliphatic carbocycles. The number of carboxylic acids is 1. The Kier molecular flexibility index (Phi) is 5.87. The van der Waals surface area contributed by atoms with Crippen LogP contribution in [-0.4, -0.2) is 11.1 Å². The second-order valence-corrected chi connectivity index (χ2v) is 4.05. The molecule has 3 nitrogen and oxygen atoms in total. The molecule has 1 aromatic heterocycles. The van der Waals surface area contributed by atoms with Gasteiger partial charge in [0, 0.05) is 17.7 Å². The van der Waals surface area contributed by atoms with Crippen molar-refractivity contribution >= 4 is 18.1 Å². The van der Waals surface area contributed by atoms with E-state index in [1.54, 1.807) is 59.4 Å². The number of carboxylic acid groups (broad SMARTS) is 1. The first-order valence-corrected chi connectivity index (χ1v) is 5.78. The minimum atomic E-state index is -0.889. The number of hydrogen-bond acceptors (Lipinski definition) is 1. The lowest BCUT2D eigenvalue weighted by molar-refractivity contribution is -0.685. The summed E-state index contributed by atoms with van der Waals surface area (Å²) in [7, 11) is 0. The van der Waals surface area contributed by atoms with E-state index >= 15 is 0 Å². The third kappa shape index (κ3) is 4.48. The molecule has 0 amide bonds. The van der Waals surface area contributed by atoms with Crippen LogP contribution in [0.3, 0.4) is 0 Å². The molecule has 104 valence electrons. The summed E-state index contributed by atoms with van der Waals surface area (Å²) in [6.07, 6.45) is 6.82. The van der Waals surface area contributed by atoms with Gasteiger partial charge in [0.05, 0.1) is 0 Å². The fourth-order valence-electron chi connectivity index (χ4n) is 1.64. The predicted molar refractivity (Wildman–Crippen MR) is 69.6 cm³/mol. The molecule has 0 spiro atoms. The molecule has 1 heterocycles. The highest BCUT2D eigenvalue weighted by atomic mass is 35.5. The van der Waals surface area contributed by atoms with Gasteiger partial charge < -0.3 is 17.5 Å². The number of pyridine rings is 1. The minimum absolute atomic E-state index is 0. The van der Waals surface area contributed by atoms with Crippen molar-refractivity contribution in [2.24, 2.45) is 0 Å². The van der Waals surface area contributed by atoms with Crippen molar-refractivity contribution in [1.82, 2.24) is 0 Å². The topological polar surface area (TPSA) is 41.2 Å². The first-order valence-electron chi connectivity index (χ1n) is 5.78. The third-order valence-electron chi connectivity index (χ3n) is 2.60. The summed E-state index contributed by atoms with van der Waals surface area (Å²) in [4.78, 5) is 10.5. The summed E-state index contributed by atoms with van der Waals surface area (Å²) < 4.78 is 14.9. The number of rotatable bonds is 4. The molecule has 0 fully saturated rings. The lowest BCUT2D eigenvalue weighted by Crippen LogP contribution is -3.00. The molecule has 0 saturated carbocycles. The molecule has 0 aliphatic heterocycles. The van der Waals surface area contributed by atoms with Gasteiger partial charge in [-0.05, 0) is 11.6 Å². The summed E-state index contributed by atoms with van der Waals surface area (Å²) in [5.41, 5.74) is 1.40. The van der Waals surface area contributed by atoms with Crippen molar-refractivity contribution in [3.8, 4) is 0 Å². The zero-order chi connectivity index (χ0) is 13.7. The van der Waals surface area contributed by atoms with Crippen molar-refractivity contribution < 1.29 is 31.3 Å². The van der Waals surface area contributed by atoms with Gasteiger partial charge in [-0.25, -0.2) is 9.18 Å². The van der Waals surface area contributed by atoms with Crippen LogP contribution in [0.15, 0.2) is 48.8 Å². The number of aromatic nitrogens is 1. The number of aliphatic carboxylic acids is 1. The highest BCUT2D eigenvalue weighted by Crippen LogP contribution is 2.10. The van der Waals surface area contributed by atoms with E-state index in [0.29, 0.717) is 5.56 Å². The molecule has 2 rings (SSSR count). The number of nitrogens with zero attached hydrogens (tertiary/aromatic N) is 1. The third-order valence-corrected chi connectivity index (χ3v) is 2.60. The van der Waals surface area contributed by atoms with Gasteiger partial charge in [-0.1, -0.05) is 30.4 Å². The molecule has 0 aliphatic rings. The van der Waals surface area contributed by atoms with Crippen LogP contribution in [-0.2, 0) is 11.3 Å². The van der Waals surface area contributed by atoms with Gasteiger partial charge in [0.25, 0.3) is 0 Å². The lowest BCUT2D eigenvalue weighted by atomic mass is 10.1. The largest absolute Gasteiger partial charge is 1.00 e. The van der Waals surface area contributed by atoms with Crippen molar-refractivity contribution in [3.05, 3.63) is 65.7 Å². The second kappa shape index (κ2) is 7.40. The van der Waals surface area contributed by atoms with Crippen LogP contribution in [0.5, 0.6) is 0 Å². The Morgan fingerprint density at radius 3 is 2.40 bits per heavy atom. The zero-order valence-electron chi connectivity index (χ0n) is 10.5. The van der Waals surface area contributed by atoms with E-state index in [0.717, 1.165) is 5.56 Å². The average Bonchev–Trinajstić information content (AvgIpc) is 2.39. The maximum Gasteiger partial charge on any atom is 0.370 e. The fraction of sp³-hybridized carbons (Fsp3) is 0.0667. The zero-order valence-corrected chi connectivity index (χ0v) is 11.3. The first-order chi connectivity index (χ1) is 9.15. The Labute approximate surface area is 122 Å². The molecule has 0 unspecified atom stereocenters. The molecule has 0 bridgehead atoms. The highest BCUT2D eigenvalue weighted by molar-refractivity contribution is 5.69. The van der Waals surface area contributed by atoms with E-state index < -0.39 is 5.97 Å². The predicted octanol–water partition coefficient (Wildman–Crippen LogP) is -0.628. The summed E-state index contributed by atoms with van der Waals surface area (Å²) in [5.74, 6) is -1.16. The van der Waals surface area contributed by atoms with Gasteiger partial charge in [-0.15, -0.1) is 0 Å². The summed E-state index contributed by atoms with van der Waals surface area (Å²) in [6.45, 7) is -0.0721. The van der Waals surface area contributed by atoms with Gasteiger partial charge in [-0.2, -0.15) is 4.57 Å². The molecule has 1 N–H and O–H groups in total. The summed E-state index contributed by atoms with van der Waals surface area (Å²) >= 11 is 0. The molecule has 2 aromatic rings. The normalized spacial score (nSPS) is 10.2. The molecular formula is C15H13ClFNO2. The van der Waals surface area contributed by atoms with Crippen LogP contribution in [0.4, 0.5) is 4.39 Å². The molecular weight excluding hydrogens is 281 g/mol. The first kappa shape index (κ1) is 15.9.